The fourth-order valence-corrected chi connectivity index (χ4v) is 7.14. The number of aromatic nitrogens is 6. The summed E-state index contributed by atoms with van der Waals surface area (Å²) in [5, 5.41) is 11.2. The molecule has 0 aliphatic carbocycles. The lowest BCUT2D eigenvalue weighted by molar-refractivity contribution is 0.0748. The smallest absolute Gasteiger partial charge is 0.253 e. The van der Waals surface area contributed by atoms with E-state index in [0.29, 0.717) is 62.8 Å². The standard InChI is InChI=1S/C33H34F2N8O4S/c34-28-11-12-31(30(35)22-28)48(45,46)43-17-2-1-14-41(33(44)26-9-7-25(8-10-26)23-42-24-37-38-39-42)16-4-15-40-18-13-36-32(40)27-5-3-6-29(21-27)47-20-19-43/h3,5-13,18,21-22,24H,1-2,4,14-17,19-20,23H2. The second-order valence-electron chi connectivity index (χ2n) is 11.4. The number of sulfonamides is 1. The van der Waals surface area contributed by atoms with Crippen LogP contribution in [0, 0.1) is 11.6 Å². The van der Waals surface area contributed by atoms with Gasteiger partial charge in [0.05, 0.1) is 6.54 Å². The molecule has 2 aromatic heterocycles. The van der Waals surface area contributed by atoms with Crippen LogP contribution in [0.25, 0.3) is 11.4 Å². The first kappa shape index (κ1) is 32.9. The van der Waals surface area contributed by atoms with Crippen molar-refractivity contribution in [2.75, 3.05) is 32.8 Å². The van der Waals surface area contributed by atoms with E-state index in [0.717, 1.165) is 33.4 Å². The van der Waals surface area contributed by atoms with E-state index >= 15 is 0 Å². The molecule has 2 bridgehead atoms. The number of halogens is 2. The van der Waals surface area contributed by atoms with E-state index in [2.05, 4.69) is 20.5 Å². The van der Waals surface area contributed by atoms with Gasteiger partial charge in [0.25, 0.3) is 5.91 Å². The van der Waals surface area contributed by atoms with E-state index in [1.54, 1.807) is 34.0 Å². The first-order valence-corrected chi connectivity index (χ1v) is 17.0. The number of carbonyl (C=O) groups excluding carboxylic acids is 1. The number of ether oxygens (including phenoxy) is 1. The molecule has 1 aliphatic heterocycles. The van der Waals surface area contributed by atoms with E-state index in [9.17, 15) is 22.0 Å². The van der Waals surface area contributed by atoms with Gasteiger partial charge in [0.1, 0.15) is 41.0 Å². The highest BCUT2D eigenvalue weighted by atomic mass is 32.2. The highest BCUT2D eigenvalue weighted by Crippen LogP contribution is 2.25. The van der Waals surface area contributed by atoms with E-state index in [4.69, 9.17) is 4.74 Å². The highest BCUT2D eigenvalue weighted by Gasteiger charge is 2.28. The summed E-state index contributed by atoms with van der Waals surface area (Å²) in [5.74, 6) is -0.921. The third-order valence-corrected chi connectivity index (χ3v) is 10.00. The van der Waals surface area contributed by atoms with Gasteiger partial charge in [-0.3, -0.25) is 4.79 Å². The van der Waals surface area contributed by atoms with Gasteiger partial charge in [0.15, 0.2) is 0 Å². The van der Waals surface area contributed by atoms with Crippen molar-refractivity contribution in [3.05, 3.63) is 108 Å². The maximum atomic E-state index is 14.7. The monoisotopic (exact) mass is 676 g/mol. The number of hydrogen-bond donors (Lipinski definition) is 0. The molecule has 0 N–H and O–H groups in total. The Morgan fingerprint density at radius 3 is 2.50 bits per heavy atom. The number of aryl methyl sites for hydroxylation is 1. The van der Waals surface area contributed by atoms with Crippen molar-refractivity contribution in [2.45, 2.75) is 37.2 Å². The predicted molar refractivity (Wildman–Crippen MR) is 171 cm³/mol. The van der Waals surface area contributed by atoms with Gasteiger partial charge in [0.2, 0.25) is 10.0 Å². The number of benzene rings is 3. The number of amides is 1. The van der Waals surface area contributed by atoms with Crippen molar-refractivity contribution in [2.24, 2.45) is 0 Å². The molecule has 0 radical (unpaired) electrons. The minimum atomic E-state index is -4.33. The molecule has 3 heterocycles. The minimum absolute atomic E-state index is 0.00599. The Morgan fingerprint density at radius 2 is 1.71 bits per heavy atom. The molecule has 12 nitrogen and oxygen atoms in total. The van der Waals surface area contributed by atoms with Crippen LogP contribution in [0.1, 0.15) is 35.2 Å². The molecule has 0 unspecified atom stereocenters. The van der Waals surface area contributed by atoms with Crippen LogP contribution in [0.5, 0.6) is 5.75 Å². The Hall–Kier alpha value is -5.02. The summed E-state index contributed by atoms with van der Waals surface area (Å²) >= 11 is 0. The summed E-state index contributed by atoms with van der Waals surface area (Å²) in [6.45, 7) is 1.88. The van der Waals surface area contributed by atoms with Crippen LogP contribution >= 0.6 is 0 Å². The van der Waals surface area contributed by atoms with Gasteiger partial charge in [0, 0.05) is 62.3 Å². The van der Waals surface area contributed by atoms with Crippen molar-refractivity contribution in [1.29, 1.82) is 0 Å². The molecular formula is C33H34F2N8O4S. The van der Waals surface area contributed by atoms with E-state index in [1.165, 1.54) is 6.33 Å². The van der Waals surface area contributed by atoms with Crippen LogP contribution in [0.15, 0.2) is 90.3 Å². The maximum absolute atomic E-state index is 14.7. The summed E-state index contributed by atoms with van der Waals surface area (Å²) in [4.78, 5) is 19.5. The number of imidazole rings is 1. The number of rotatable bonds is 5. The SMILES string of the molecule is O=C(c1ccc(Cn2cnnn2)cc1)N1CCCCN(S(=O)(=O)c2ccc(F)cc2F)CCOc2cccc(c2)-c2nccn2CCC1. The number of nitrogens with zero attached hydrogens (tertiary/aromatic N) is 8. The Morgan fingerprint density at radius 1 is 0.896 bits per heavy atom. The minimum Gasteiger partial charge on any atom is -0.492 e. The van der Waals surface area contributed by atoms with Crippen LogP contribution in [-0.4, -0.2) is 86.1 Å². The normalized spacial score (nSPS) is 15.3. The summed E-state index contributed by atoms with van der Waals surface area (Å²) in [5.41, 5.74) is 2.27. The Balaban J connectivity index is 1.24. The summed E-state index contributed by atoms with van der Waals surface area (Å²) in [7, 11) is -4.33. The lowest BCUT2D eigenvalue weighted by atomic mass is 10.1. The average Bonchev–Trinajstić information content (AvgIpc) is 3.77. The highest BCUT2D eigenvalue weighted by molar-refractivity contribution is 7.89. The second kappa shape index (κ2) is 14.8. The fourth-order valence-electron chi connectivity index (χ4n) is 5.63. The van der Waals surface area contributed by atoms with Crippen molar-refractivity contribution < 1.29 is 26.7 Å². The zero-order valence-electron chi connectivity index (χ0n) is 26.0. The van der Waals surface area contributed by atoms with E-state index in [1.807, 2.05) is 41.1 Å². The molecule has 0 saturated carbocycles. The van der Waals surface area contributed by atoms with Gasteiger partial charge in [-0.15, -0.1) is 5.10 Å². The van der Waals surface area contributed by atoms with Crippen LogP contribution in [-0.2, 0) is 23.1 Å². The third-order valence-electron chi connectivity index (χ3n) is 8.07. The molecule has 3 aromatic carbocycles. The third kappa shape index (κ3) is 7.74. The Bertz CT molecular complexity index is 1950. The van der Waals surface area contributed by atoms with Gasteiger partial charge in [-0.05, 0) is 71.7 Å². The van der Waals surface area contributed by atoms with Crippen LogP contribution in [0.4, 0.5) is 8.78 Å². The summed E-state index contributed by atoms with van der Waals surface area (Å²) < 4.78 is 66.2. The molecular weight excluding hydrogens is 642 g/mol. The van der Waals surface area contributed by atoms with Crippen LogP contribution < -0.4 is 4.74 Å². The fraction of sp³-hybridized carbons (Fsp3) is 0.303. The number of hydrogen-bond acceptors (Lipinski definition) is 8. The molecule has 250 valence electrons. The van der Waals surface area contributed by atoms with Crippen molar-refractivity contribution >= 4 is 15.9 Å². The van der Waals surface area contributed by atoms with Gasteiger partial charge in [-0.1, -0.05) is 24.3 Å². The number of fused-ring (bicyclic) bond motifs is 4. The van der Waals surface area contributed by atoms with Crippen molar-refractivity contribution in [3.8, 4) is 17.1 Å². The largest absolute Gasteiger partial charge is 0.492 e. The molecule has 0 saturated heterocycles. The van der Waals surface area contributed by atoms with Gasteiger partial charge in [-0.2, -0.15) is 4.31 Å². The summed E-state index contributed by atoms with van der Waals surface area (Å²) in [6.07, 6.45) is 6.65. The summed E-state index contributed by atoms with van der Waals surface area (Å²) in [6, 6.07) is 17.0. The number of tetrazole rings is 1. The van der Waals surface area contributed by atoms with Gasteiger partial charge in [-0.25, -0.2) is 26.9 Å². The molecule has 0 fully saturated rings. The predicted octanol–water partition coefficient (Wildman–Crippen LogP) is 4.26. The first-order chi connectivity index (χ1) is 23.3. The van der Waals surface area contributed by atoms with Crippen molar-refractivity contribution in [1.82, 2.24) is 39.0 Å². The lowest BCUT2D eigenvalue weighted by Crippen LogP contribution is -2.37. The number of carbonyl (C=O) groups is 1. The molecule has 48 heavy (non-hydrogen) atoms. The molecule has 0 spiro atoms. The van der Waals surface area contributed by atoms with E-state index in [-0.39, 0.29) is 25.6 Å². The van der Waals surface area contributed by atoms with Crippen LogP contribution in [0.2, 0.25) is 0 Å². The first-order valence-electron chi connectivity index (χ1n) is 15.6. The molecule has 15 heteroatoms. The quantitative estimate of drug-likeness (QED) is 0.270. The van der Waals surface area contributed by atoms with Crippen molar-refractivity contribution in [3.63, 3.8) is 0 Å². The Kier molecular flexibility index (Phi) is 10.2. The average molecular weight is 677 g/mol. The molecule has 0 atom stereocenters. The van der Waals surface area contributed by atoms with E-state index < -0.39 is 26.6 Å². The molecule has 1 amide bonds. The zero-order chi connectivity index (χ0) is 33.5. The van der Waals surface area contributed by atoms with Gasteiger partial charge >= 0.3 is 0 Å². The molecule has 1 aliphatic rings. The molecule has 5 aromatic rings. The lowest BCUT2D eigenvalue weighted by Gasteiger charge is -2.25. The maximum Gasteiger partial charge on any atom is 0.253 e. The van der Waals surface area contributed by atoms with Gasteiger partial charge < -0.3 is 14.2 Å². The molecule has 6 rings (SSSR count). The topological polar surface area (TPSA) is 128 Å². The second-order valence-corrected chi connectivity index (χ2v) is 13.3. The van der Waals surface area contributed by atoms with Crippen LogP contribution in [0.3, 0.4) is 0 Å². The Labute approximate surface area is 276 Å². The zero-order valence-corrected chi connectivity index (χ0v) is 26.8.